The molecule has 2 N–H and O–H groups in total. The van der Waals surface area contributed by atoms with Crippen molar-refractivity contribution in [1.82, 2.24) is 0 Å². The average molecular weight is 470 g/mol. The van der Waals surface area contributed by atoms with Crippen molar-refractivity contribution < 1.29 is 32.6 Å². The van der Waals surface area contributed by atoms with Gasteiger partial charge in [-0.05, 0) is 56.3 Å². The summed E-state index contributed by atoms with van der Waals surface area (Å²) in [6, 6.07) is 12.3. The molecule has 0 saturated carbocycles. The highest BCUT2D eigenvalue weighted by molar-refractivity contribution is 6.10. The average Bonchev–Trinajstić information content (AvgIpc) is 2.82. The standard InChI is InChI=1S/C25H24F2N2O5/c1-4-33-16-7-9-21(19(26)13-16)28-24(30)15-6-11-23(32-3)18(12-15)25(31)29-22-10-8-17(34-5-2)14-20(22)27/h6-14H,4-5H2,1-3H3,(H,28,30)(H,29,31). The summed E-state index contributed by atoms with van der Waals surface area (Å²) in [5.74, 6) is -1.85. The molecule has 3 aromatic carbocycles. The van der Waals surface area contributed by atoms with Crippen LogP contribution in [0, 0.1) is 11.6 Å². The highest BCUT2D eigenvalue weighted by Gasteiger charge is 2.19. The zero-order valence-corrected chi connectivity index (χ0v) is 18.9. The van der Waals surface area contributed by atoms with E-state index in [1.807, 2.05) is 0 Å². The number of halogens is 2. The number of hydrogen-bond donors (Lipinski definition) is 2. The molecule has 0 saturated heterocycles. The van der Waals surface area contributed by atoms with Gasteiger partial charge in [-0.1, -0.05) is 0 Å². The van der Waals surface area contributed by atoms with Crippen LogP contribution in [-0.4, -0.2) is 32.1 Å². The lowest BCUT2D eigenvalue weighted by Crippen LogP contribution is -2.17. The van der Waals surface area contributed by atoms with Gasteiger partial charge in [0.25, 0.3) is 11.8 Å². The number of methoxy groups -OCH3 is 1. The predicted molar refractivity (Wildman–Crippen MR) is 124 cm³/mol. The fraction of sp³-hybridized carbons (Fsp3) is 0.200. The van der Waals surface area contributed by atoms with Crippen LogP contribution in [0.15, 0.2) is 54.6 Å². The SMILES string of the molecule is CCOc1ccc(NC(=O)c2ccc(OC)c(C(=O)Nc3ccc(OCC)cc3F)c2)c(F)c1. The van der Waals surface area contributed by atoms with Crippen LogP contribution >= 0.6 is 0 Å². The highest BCUT2D eigenvalue weighted by atomic mass is 19.1. The van der Waals surface area contributed by atoms with Crippen LogP contribution in [0.5, 0.6) is 17.2 Å². The molecule has 0 aromatic heterocycles. The molecule has 178 valence electrons. The first kappa shape index (κ1) is 24.5. The van der Waals surface area contributed by atoms with Crippen molar-refractivity contribution in [2.45, 2.75) is 13.8 Å². The summed E-state index contributed by atoms with van der Waals surface area (Å²) in [6.45, 7) is 4.29. The lowest BCUT2D eigenvalue weighted by molar-refractivity contribution is 0.102. The number of amides is 2. The van der Waals surface area contributed by atoms with Crippen molar-refractivity contribution >= 4 is 23.2 Å². The van der Waals surface area contributed by atoms with Crippen molar-refractivity contribution in [3.05, 3.63) is 77.4 Å². The van der Waals surface area contributed by atoms with E-state index in [-0.39, 0.29) is 28.3 Å². The number of ether oxygens (including phenoxy) is 3. The topological polar surface area (TPSA) is 85.9 Å². The van der Waals surface area contributed by atoms with E-state index in [2.05, 4.69) is 10.6 Å². The Labute approximate surface area is 195 Å². The first-order valence-corrected chi connectivity index (χ1v) is 10.5. The van der Waals surface area contributed by atoms with Gasteiger partial charge in [-0.3, -0.25) is 9.59 Å². The van der Waals surface area contributed by atoms with Crippen LogP contribution in [0.3, 0.4) is 0 Å². The summed E-state index contributed by atoms with van der Waals surface area (Å²) in [5, 5.41) is 4.92. The maximum atomic E-state index is 14.4. The monoisotopic (exact) mass is 470 g/mol. The number of carbonyl (C=O) groups excluding carboxylic acids is 2. The smallest absolute Gasteiger partial charge is 0.259 e. The molecule has 34 heavy (non-hydrogen) atoms. The molecule has 0 aliphatic rings. The first-order chi connectivity index (χ1) is 16.4. The van der Waals surface area contributed by atoms with Gasteiger partial charge in [-0.15, -0.1) is 0 Å². The Bertz CT molecular complexity index is 1200. The molecule has 7 nitrogen and oxygen atoms in total. The molecule has 3 rings (SSSR count). The van der Waals surface area contributed by atoms with E-state index in [1.165, 1.54) is 49.6 Å². The van der Waals surface area contributed by atoms with E-state index in [0.29, 0.717) is 24.7 Å². The molecular weight excluding hydrogens is 446 g/mol. The molecule has 3 aromatic rings. The quantitative estimate of drug-likeness (QED) is 0.445. The van der Waals surface area contributed by atoms with Gasteiger partial charge >= 0.3 is 0 Å². The van der Waals surface area contributed by atoms with Gasteiger partial charge < -0.3 is 24.8 Å². The van der Waals surface area contributed by atoms with Crippen LogP contribution in [-0.2, 0) is 0 Å². The highest BCUT2D eigenvalue weighted by Crippen LogP contribution is 2.26. The summed E-state index contributed by atoms with van der Waals surface area (Å²) in [5.41, 5.74) is -0.0458. The van der Waals surface area contributed by atoms with E-state index < -0.39 is 23.4 Å². The largest absolute Gasteiger partial charge is 0.496 e. The maximum absolute atomic E-state index is 14.4. The third-order valence-electron chi connectivity index (χ3n) is 4.71. The molecule has 9 heteroatoms. The Morgan fingerprint density at radius 2 is 1.29 bits per heavy atom. The van der Waals surface area contributed by atoms with Gasteiger partial charge in [0.2, 0.25) is 0 Å². The van der Waals surface area contributed by atoms with E-state index in [1.54, 1.807) is 13.8 Å². The van der Waals surface area contributed by atoms with Gasteiger partial charge in [0.05, 0.1) is 37.3 Å². The molecule has 0 unspecified atom stereocenters. The van der Waals surface area contributed by atoms with E-state index in [9.17, 15) is 18.4 Å². The van der Waals surface area contributed by atoms with Gasteiger partial charge in [-0.25, -0.2) is 8.78 Å². The molecule has 0 aliphatic carbocycles. The molecule has 0 radical (unpaired) electrons. The van der Waals surface area contributed by atoms with Gasteiger partial charge in [-0.2, -0.15) is 0 Å². The third-order valence-corrected chi connectivity index (χ3v) is 4.71. The van der Waals surface area contributed by atoms with E-state index >= 15 is 0 Å². The molecule has 0 aliphatic heterocycles. The minimum absolute atomic E-state index is 0.00407. The number of benzene rings is 3. The van der Waals surface area contributed by atoms with Crippen LogP contribution in [0.2, 0.25) is 0 Å². The molecular formula is C25H24F2N2O5. The van der Waals surface area contributed by atoms with Crippen LogP contribution in [0.1, 0.15) is 34.6 Å². The summed E-state index contributed by atoms with van der Waals surface area (Å²) in [6.07, 6.45) is 0. The molecule has 0 heterocycles. The van der Waals surface area contributed by atoms with Crippen LogP contribution in [0.25, 0.3) is 0 Å². The Morgan fingerprint density at radius 1 is 0.765 bits per heavy atom. The first-order valence-electron chi connectivity index (χ1n) is 10.5. The Hall–Kier alpha value is -4.14. The third kappa shape index (κ3) is 5.80. The van der Waals surface area contributed by atoms with Crippen molar-refractivity contribution in [3.8, 4) is 17.2 Å². The Balaban J connectivity index is 1.81. The van der Waals surface area contributed by atoms with Crippen molar-refractivity contribution in [1.29, 1.82) is 0 Å². The van der Waals surface area contributed by atoms with Crippen LogP contribution in [0.4, 0.5) is 20.2 Å². The lowest BCUT2D eigenvalue weighted by Gasteiger charge is -2.13. The normalized spacial score (nSPS) is 10.4. The van der Waals surface area contributed by atoms with Gasteiger partial charge in [0, 0.05) is 17.7 Å². The van der Waals surface area contributed by atoms with Gasteiger partial charge in [0.1, 0.15) is 28.9 Å². The second-order valence-electron chi connectivity index (χ2n) is 6.97. The Morgan fingerprint density at radius 3 is 1.76 bits per heavy atom. The molecule has 0 atom stereocenters. The molecule has 0 spiro atoms. The predicted octanol–water partition coefficient (Wildman–Crippen LogP) is 5.28. The molecule has 0 fully saturated rings. The number of carbonyl (C=O) groups is 2. The Kier molecular flexibility index (Phi) is 8.02. The second kappa shape index (κ2) is 11.1. The summed E-state index contributed by atoms with van der Waals surface area (Å²) in [4.78, 5) is 25.6. The zero-order chi connectivity index (χ0) is 24.7. The fourth-order valence-corrected chi connectivity index (χ4v) is 3.12. The number of anilines is 2. The van der Waals surface area contributed by atoms with Gasteiger partial charge in [0.15, 0.2) is 0 Å². The second-order valence-corrected chi connectivity index (χ2v) is 6.97. The van der Waals surface area contributed by atoms with Crippen molar-refractivity contribution in [3.63, 3.8) is 0 Å². The summed E-state index contributed by atoms with van der Waals surface area (Å²) in [7, 11) is 1.36. The summed E-state index contributed by atoms with van der Waals surface area (Å²) < 4.78 is 44.3. The number of nitrogens with one attached hydrogen (secondary N) is 2. The van der Waals surface area contributed by atoms with Crippen molar-refractivity contribution in [2.75, 3.05) is 31.0 Å². The minimum atomic E-state index is -0.693. The number of hydrogen-bond acceptors (Lipinski definition) is 5. The number of rotatable bonds is 9. The fourth-order valence-electron chi connectivity index (χ4n) is 3.12. The molecule has 2 amide bonds. The maximum Gasteiger partial charge on any atom is 0.259 e. The van der Waals surface area contributed by atoms with E-state index in [0.717, 1.165) is 12.1 Å². The minimum Gasteiger partial charge on any atom is -0.496 e. The van der Waals surface area contributed by atoms with Crippen LogP contribution < -0.4 is 24.8 Å². The summed E-state index contributed by atoms with van der Waals surface area (Å²) >= 11 is 0. The van der Waals surface area contributed by atoms with E-state index in [4.69, 9.17) is 14.2 Å². The molecule has 0 bridgehead atoms. The zero-order valence-electron chi connectivity index (χ0n) is 18.9. The lowest BCUT2D eigenvalue weighted by atomic mass is 10.1. The van der Waals surface area contributed by atoms with Crippen molar-refractivity contribution in [2.24, 2.45) is 0 Å².